The van der Waals surface area contributed by atoms with Gasteiger partial charge in [0.15, 0.2) is 0 Å². The molecule has 1 N–H and O–H groups in total. The van der Waals surface area contributed by atoms with Crippen LogP contribution in [0.4, 0.5) is 0 Å². The van der Waals surface area contributed by atoms with Crippen LogP contribution in [0.15, 0.2) is 0 Å². The molecule has 0 aromatic carbocycles. The Kier molecular flexibility index (Phi) is 6.15. The third-order valence-electron chi connectivity index (χ3n) is 2.86. The molecule has 0 spiro atoms. The summed E-state index contributed by atoms with van der Waals surface area (Å²) in [5.41, 5.74) is 0. The number of hydrogen-bond acceptors (Lipinski definition) is 3. The minimum atomic E-state index is 0.806. The zero-order chi connectivity index (χ0) is 10.2. The molecule has 2 fully saturated rings. The molecule has 2 heterocycles. The van der Waals surface area contributed by atoms with E-state index in [1.54, 1.807) is 0 Å². The Bertz CT molecular complexity index is 113. The molecule has 0 saturated carbocycles. The summed E-state index contributed by atoms with van der Waals surface area (Å²) in [4.78, 5) is 2.61. The monoisotopic (exact) mass is 200 g/mol. The molecule has 0 bridgehead atoms. The summed E-state index contributed by atoms with van der Waals surface area (Å²) in [7, 11) is 0. The van der Waals surface area contributed by atoms with Crippen molar-refractivity contribution in [2.24, 2.45) is 0 Å². The molecular formula is C11H24N2O. The van der Waals surface area contributed by atoms with Crippen LogP contribution in [-0.2, 0) is 4.74 Å². The van der Waals surface area contributed by atoms with Crippen molar-refractivity contribution in [3.8, 4) is 0 Å². The largest absolute Gasteiger partial charge is 0.381 e. The lowest BCUT2D eigenvalue weighted by molar-refractivity contribution is 0.0299. The van der Waals surface area contributed by atoms with Crippen molar-refractivity contribution in [2.75, 3.05) is 39.4 Å². The third kappa shape index (κ3) is 3.56. The molecule has 0 aromatic rings. The maximum Gasteiger partial charge on any atom is 0.0480 e. The van der Waals surface area contributed by atoms with Gasteiger partial charge in [-0.3, -0.25) is 4.90 Å². The summed E-state index contributed by atoms with van der Waals surface area (Å²) in [6, 6.07) is 0.806. The molecule has 0 atom stereocenters. The molecule has 0 radical (unpaired) electrons. The fourth-order valence-corrected chi connectivity index (χ4v) is 2.10. The molecular weight excluding hydrogens is 176 g/mol. The van der Waals surface area contributed by atoms with Crippen molar-refractivity contribution in [1.29, 1.82) is 0 Å². The molecule has 2 aliphatic heterocycles. The SMILES string of the molecule is C1CN(C2CCOCC2)CCN1.CC. The second kappa shape index (κ2) is 7.21. The molecule has 14 heavy (non-hydrogen) atoms. The van der Waals surface area contributed by atoms with Gasteiger partial charge in [-0.1, -0.05) is 13.8 Å². The summed E-state index contributed by atoms with van der Waals surface area (Å²) < 4.78 is 5.35. The minimum absolute atomic E-state index is 0.806. The average Bonchev–Trinajstić information content (AvgIpc) is 2.34. The van der Waals surface area contributed by atoms with Gasteiger partial charge in [-0.15, -0.1) is 0 Å². The van der Waals surface area contributed by atoms with E-state index >= 15 is 0 Å². The molecule has 2 saturated heterocycles. The van der Waals surface area contributed by atoms with Gasteiger partial charge >= 0.3 is 0 Å². The van der Waals surface area contributed by atoms with Crippen LogP contribution >= 0.6 is 0 Å². The Hall–Kier alpha value is -0.120. The van der Waals surface area contributed by atoms with Crippen LogP contribution in [0.5, 0.6) is 0 Å². The Balaban J connectivity index is 0.000000461. The molecule has 0 aromatic heterocycles. The Morgan fingerprint density at radius 3 is 2.21 bits per heavy atom. The lowest BCUT2D eigenvalue weighted by atomic mass is 10.1. The highest BCUT2D eigenvalue weighted by molar-refractivity contribution is 4.78. The second-order valence-electron chi connectivity index (χ2n) is 3.63. The first-order valence-electron chi connectivity index (χ1n) is 5.99. The summed E-state index contributed by atoms with van der Waals surface area (Å²) in [6.45, 7) is 10.7. The van der Waals surface area contributed by atoms with Crippen molar-refractivity contribution in [2.45, 2.75) is 32.7 Å². The smallest absolute Gasteiger partial charge is 0.0480 e. The Morgan fingerprint density at radius 1 is 1.07 bits per heavy atom. The highest BCUT2D eigenvalue weighted by Crippen LogP contribution is 2.14. The second-order valence-corrected chi connectivity index (χ2v) is 3.63. The van der Waals surface area contributed by atoms with E-state index in [-0.39, 0.29) is 0 Å². The third-order valence-corrected chi connectivity index (χ3v) is 2.86. The van der Waals surface area contributed by atoms with Crippen molar-refractivity contribution in [1.82, 2.24) is 10.2 Å². The summed E-state index contributed by atoms with van der Waals surface area (Å²) in [5, 5.41) is 3.38. The lowest BCUT2D eigenvalue weighted by Gasteiger charge is -2.36. The van der Waals surface area contributed by atoms with E-state index in [2.05, 4.69) is 10.2 Å². The number of hydrogen-bond donors (Lipinski definition) is 1. The van der Waals surface area contributed by atoms with Gasteiger partial charge < -0.3 is 10.1 Å². The highest BCUT2D eigenvalue weighted by atomic mass is 16.5. The van der Waals surface area contributed by atoms with E-state index < -0.39 is 0 Å². The first-order valence-corrected chi connectivity index (χ1v) is 5.99. The van der Waals surface area contributed by atoms with E-state index in [0.717, 1.165) is 32.3 Å². The molecule has 2 rings (SSSR count). The predicted molar refractivity (Wildman–Crippen MR) is 59.6 cm³/mol. The zero-order valence-corrected chi connectivity index (χ0v) is 9.59. The summed E-state index contributed by atoms with van der Waals surface area (Å²) in [6.07, 6.45) is 2.47. The summed E-state index contributed by atoms with van der Waals surface area (Å²) in [5.74, 6) is 0. The Morgan fingerprint density at radius 2 is 1.64 bits per heavy atom. The molecule has 2 aliphatic rings. The number of nitrogens with one attached hydrogen (secondary N) is 1. The topological polar surface area (TPSA) is 24.5 Å². The van der Waals surface area contributed by atoms with Crippen LogP contribution in [-0.4, -0.2) is 50.3 Å². The first kappa shape index (κ1) is 12.0. The number of piperazine rings is 1. The maximum atomic E-state index is 5.35. The molecule has 0 aliphatic carbocycles. The molecule has 3 heteroatoms. The van der Waals surface area contributed by atoms with Gasteiger partial charge in [-0.05, 0) is 12.8 Å². The minimum Gasteiger partial charge on any atom is -0.381 e. The first-order chi connectivity index (χ1) is 6.97. The fourth-order valence-electron chi connectivity index (χ4n) is 2.10. The van der Waals surface area contributed by atoms with Gasteiger partial charge in [-0.25, -0.2) is 0 Å². The van der Waals surface area contributed by atoms with Crippen LogP contribution in [0.25, 0.3) is 0 Å². The van der Waals surface area contributed by atoms with E-state index in [9.17, 15) is 0 Å². The van der Waals surface area contributed by atoms with Crippen molar-refractivity contribution in [3.05, 3.63) is 0 Å². The van der Waals surface area contributed by atoms with Crippen molar-refractivity contribution >= 4 is 0 Å². The zero-order valence-electron chi connectivity index (χ0n) is 9.59. The quantitative estimate of drug-likeness (QED) is 0.686. The number of nitrogens with zero attached hydrogens (tertiary/aromatic N) is 1. The van der Waals surface area contributed by atoms with Crippen molar-refractivity contribution < 1.29 is 4.74 Å². The Labute approximate surface area is 87.8 Å². The number of rotatable bonds is 1. The van der Waals surface area contributed by atoms with Gasteiger partial charge in [-0.2, -0.15) is 0 Å². The van der Waals surface area contributed by atoms with Crippen molar-refractivity contribution in [3.63, 3.8) is 0 Å². The van der Waals surface area contributed by atoms with Gasteiger partial charge in [0.2, 0.25) is 0 Å². The molecule has 0 amide bonds. The summed E-state index contributed by atoms with van der Waals surface area (Å²) >= 11 is 0. The van der Waals surface area contributed by atoms with Gasteiger partial charge in [0.1, 0.15) is 0 Å². The molecule has 84 valence electrons. The fraction of sp³-hybridized carbons (Fsp3) is 1.00. The van der Waals surface area contributed by atoms with E-state index in [4.69, 9.17) is 4.74 Å². The van der Waals surface area contributed by atoms with Gasteiger partial charge in [0, 0.05) is 45.4 Å². The van der Waals surface area contributed by atoms with E-state index in [1.165, 1.54) is 25.9 Å². The average molecular weight is 200 g/mol. The van der Waals surface area contributed by atoms with E-state index in [0.29, 0.717) is 0 Å². The normalized spacial score (nSPS) is 25.3. The van der Waals surface area contributed by atoms with Crippen LogP contribution in [0.2, 0.25) is 0 Å². The predicted octanol–water partition coefficient (Wildman–Crippen LogP) is 1.10. The van der Waals surface area contributed by atoms with Gasteiger partial charge in [0.25, 0.3) is 0 Å². The number of ether oxygens (including phenoxy) is 1. The molecule has 0 unspecified atom stereocenters. The molecule has 3 nitrogen and oxygen atoms in total. The van der Waals surface area contributed by atoms with Crippen LogP contribution in [0.3, 0.4) is 0 Å². The highest BCUT2D eigenvalue weighted by Gasteiger charge is 2.22. The van der Waals surface area contributed by atoms with Crippen LogP contribution < -0.4 is 5.32 Å². The van der Waals surface area contributed by atoms with E-state index in [1.807, 2.05) is 13.8 Å². The maximum absolute atomic E-state index is 5.35. The van der Waals surface area contributed by atoms with Gasteiger partial charge in [0.05, 0.1) is 0 Å². The van der Waals surface area contributed by atoms with Crippen LogP contribution in [0.1, 0.15) is 26.7 Å². The van der Waals surface area contributed by atoms with Crippen LogP contribution in [0, 0.1) is 0 Å². The standard InChI is InChI=1S/C9H18N2O.C2H6/c1-7-12-8-2-9(1)11-5-3-10-4-6-11;1-2/h9-10H,1-8H2;1-2H3. The lowest BCUT2D eigenvalue weighted by Crippen LogP contribution is -2.49.